The van der Waals surface area contributed by atoms with Gasteiger partial charge in [-0.05, 0) is 27.7 Å². The summed E-state index contributed by atoms with van der Waals surface area (Å²) in [6, 6.07) is 0. The molecule has 0 N–H and O–H groups in total. The molecular formula is C9H13ClN2OS2. The van der Waals surface area contributed by atoms with E-state index < -0.39 is 11.4 Å². The first-order valence-electron chi connectivity index (χ1n) is 4.39. The lowest BCUT2D eigenvalue weighted by molar-refractivity contribution is 0.561. The number of nitrogens with zero attached hydrogens (tertiary/aromatic N) is 2. The van der Waals surface area contributed by atoms with Gasteiger partial charge in [-0.15, -0.1) is 11.3 Å². The average Bonchev–Trinajstić information content (AvgIpc) is 2.50. The van der Waals surface area contributed by atoms with Crippen LogP contribution in [0.2, 0.25) is 5.15 Å². The normalized spacial score (nSPS) is 15.5. The minimum atomic E-state index is -1.25. The SMILES string of the molecule is C/C(=N\[S+]([O-])C(C)(C)C)c1nc(Cl)cs1. The minimum absolute atomic E-state index is 0.345. The van der Waals surface area contributed by atoms with Crippen molar-refractivity contribution in [3.8, 4) is 0 Å². The first-order chi connectivity index (χ1) is 6.80. The molecule has 6 heteroatoms. The Balaban J connectivity index is 2.85. The molecule has 0 fully saturated rings. The Hall–Kier alpha value is -0.100. The highest BCUT2D eigenvalue weighted by Gasteiger charge is 2.27. The maximum absolute atomic E-state index is 11.7. The molecule has 0 saturated heterocycles. The Kier molecular flexibility index (Phi) is 4.17. The summed E-state index contributed by atoms with van der Waals surface area (Å²) < 4.78 is 15.5. The molecular weight excluding hydrogens is 252 g/mol. The van der Waals surface area contributed by atoms with Crippen molar-refractivity contribution < 1.29 is 4.55 Å². The first-order valence-corrected chi connectivity index (χ1v) is 6.76. The van der Waals surface area contributed by atoms with Crippen LogP contribution >= 0.6 is 22.9 Å². The van der Waals surface area contributed by atoms with E-state index in [1.807, 2.05) is 20.8 Å². The van der Waals surface area contributed by atoms with Crippen LogP contribution in [0.25, 0.3) is 0 Å². The summed E-state index contributed by atoms with van der Waals surface area (Å²) in [5.74, 6) is 0. The van der Waals surface area contributed by atoms with Gasteiger partial charge in [0.25, 0.3) is 0 Å². The zero-order valence-corrected chi connectivity index (χ0v) is 11.5. The molecule has 1 heterocycles. The second-order valence-corrected chi connectivity index (χ2v) is 7.16. The third kappa shape index (κ3) is 3.75. The summed E-state index contributed by atoms with van der Waals surface area (Å²) in [5, 5.41) is 2.90. The highest BCUT2D eigenvalue weighted by atomic mass is 35.5. The van der Waals surface area contributed by atoms with Crippen molar-refractivity contribution in [1.29, 1.82) is 0 Å². The third-order valence-corrected chi connectivity index (χ3v) is 4.29. The van der Waals surface area contributed by atoms with E-state index in [1.54, 1.807) is 12.3 Å². The zero-order chi connectivity index (χ0) is 11.6. The molecule has 1 rings (SSSR count). The molecule has 0 aliphatic rings. The third-order valence-electron chi connectivity index (χ3n) is 1.53. The first kappa shape index (κ1) is 13.0. The fourth-order valence-electron chi connectivity index (χ4n) is 0.721. The maximum Gasteiger partial charge on any atom is 0.144 e. The second kappa shape index (κ2) is 4.82. The van der Waals surface area contributed by atoms with Crippen LogP contribution < -0.4 is 0 Å². The fraction of sp³-hybridized carbons (Fsp3) is 0.556. The van der Waals surface area contributed by atoms with Crippen LogP contribution in [0.1, 0.15) is 32.7 Å². The van der Waals surface area contributed by atoms with Gasteiger partial charge in [0, 0.05) is 5.38 Å². The van der Waals surface area contributed by atoms with Crippen LogP contribution in [0.4, 0.5) is 0 Å². The van der Waals surface area contributed by atoms with Crippen LogP contribution in [0.3, 0.4) is 0 Å². The molecule has 1 aromatic rings. The number of hydrogen-bond acceptors (Lipinski definition) is 4. The van der Waals surface area contributed by atoms with Crippen molar-refractivity contribution in [2.24, 2.45) is 4.40 Å². The van der Waals surface area contributed by atoms with Crippen molar-refractivity contribution in [3.63, 3.8) is 0 Å². The van der Waals surface area contributed by atoms with Crippen molar-refractivity contribution in [3.05, 3.63) is 15.5 Å². The van der Waals surface area contributed by atoms with Crippen LogP contribution in [-0.2, 0) is 11.4 Å². The largest absolute Gasteiger partial charge is 0.591 e. The Morgan fingerprint density at radius 3 is 2.60 bits per heavy atom. The molecule has 0 radical (unpaired) electrons. The van der Waals surface area contributed by atoms with Gasteiger partial charge >= 0.3 is 0 Å². The molecule has 0 aromatic carbocycles. The predicted molar refractivity (Wildman–Crippen MR) is 67.2 cm³/mol. The van der Waals surface area contributed by atoms with Gasteiger partial charge in [0.2, 0.25) is 0 Å². The van der Waals surface area contributed by atoms with E-state index in [1.165, 1.54) is 11.3 Å². The van der Waals surface area contributed by atoms with Crippen LogP contribution in [0.15, 0.2) is 9.78 Å². The standard InChI is InChI=1S/C9H13ClN2OS2/c1-6(8-11-7(10)5-14-8)12-15(13)9(2,3)4/h5H,1-4H3/b12-6+. The Bertz CT molecular complexity index is 370. The maximum atomic E-state index is 11.7. The molecule has 84 valence electrons. The van der Waals surface area contributed by atoms with E-state index in [0.29, 0.717) is 10.9 Å². The summed E-state index contributed by atoms with van der Waals surface area (Å²) in [6.07, 6.45) is 0. The Morgan fingerprint density at radius 1 is 1.60 bits per heavy atom. The van der Waals surface area contributed by atoms with E-state index >= 15 is 0 Å². The molecule has 3 nitrogen and oxygen atoms in total. The molecule has 0 bridgehead atoms. The van der Waals surface area contributed by atoms with Gasteiger partial charge in [-0.3, -0.25) is 0 Å². The number of rotatable bonds is 2. The summed E-state index contributed by atoms with van der Waals surface area (Å²) in [5.41, 5.74) is 0.667. The summed E-state index contributed by atoms with van der Waals surface area (Å²) in [4.78, 5) is 4.06. The molecule has 1 atom stereocenters. The van der Waals surface area contributed by atoms with Crippen LogP contribution in [-0.4, -0.2) is 20.0 Å². The smallest absolute Gasteiger partial charge is 0.144 e. The van der Waals surface area contributed by atoms with Crippen LogP contribution in [0, 0.1) is 0 Å². The van der Waals surface area contributed by atoms with E-state index in [9.17, 15) is 4.55 Å². The molecule has 0 aliphatic heterocycles. The topological polar surface area (TPSA) is 48.3 Å². The lowest BCUT2D eigenvalue weighted by atomic mass is 10.3. The summed E-state index contributed by atoms with van der Waals surface area (Å²) in [7, 11) is 0. The average molecular weight is 265 g/mol. The molecule has 1 aromatic heterocycles. The number of hydrogen-bond donors (Lipinski definition) is 0. The Labute approximate surface area is 102 Å². The lowest BCUT2D eigenvalue weighted by Gasteiger charge is -2.18. The van der Waals surface area contributed by atoms with Crippen molar-refractivity contribution in [1.82, 2.24) is 4.98 Å². The molecule has 0 spiro atoms. The minimum Gasteiger partial charge on any atom is -0.591 e. The van der Waals surface area contributed by atoms with Crippen molar-refractivity contribution in [2.45, 2.75) is 32.4 Å². The van der Waals surface area contributed by atoms with Gasteiger partial charge < -0.3 is 4.55 Å². The van der Waals surface area contributed by atoms with Gasteiger partial charge in [-0.1, -0.05) is 16.0 Å². The number of thiazole rings is 1. The van der Waals surface area contributed by atoms with Gasteiger partial charge in [0.15, 0.2) is 0 Å². The monoisotopic (exact) mass is 264 g/mol. The van der Waals surface area contributed by atoms with Gasteiger partial charge in [-0.25, -0.2) is 4.98 Å². The number of aromatic nitrogens is 1. The molecule has 0 amide bonds. The highest BCUT2D eigenvalue weighted by molar-refractivity contribution is 7.91. The summed E-state index contributed by atoms with van der Waals surface area (Å²) >= 11 is 5.85. The van der Waals surface area contributed by atoms with E-state index in [4.69, 9.17) is 11.6 Å². The second-order valence-electron chi connectivity index (χ2n) is 4.01. The van der Waals surface area contributed by atoms with E-state index in [2.05, 4.69) is 9.38 Å². The van der Waals surface area contributed by atoms with E-state index in [0.717, 1.165) is 5.01 Å². The fourth-order valence-corrected chi connectivity index (χ4v) is 2.28. The van der Waals surface area contributed by atoms with E-state index in [-0.39, 0.29) is 4.75 Å². The molecule has 0 aliphatic carbocycles. The highest BCUT2D eigenvalue weighted by Crippen LogP contribution is 2.20. The summed E-state index contributed by atoms with van der Waals surface area (Å²) in [6.45, 7) is 7.44. The quantitative estimate of drug-likeness (QED) is 0.609. The molecule has 1 unspecified atom stereocenters. The zero-order valence-electron chi connectivity index (χ0n) is 9.07. The van der Waals surface area contributed by atoms with Gasteiger partial charge in [0.05, 0.1) is 0 Å². The van der Waals surface area contributed by atoms with Crippen molar-refractivity contribution in [2.75, 3.05) is 0 Å². The predicted octanol–water partition coefficient (Wildman–Crippen LogP) is 3.07. The van der Waals surface area contributed by atoms with Crippen molar-refractivity contribution >= 4 is 40.0 Å². The molecule has 15 heavy (non-hydrogen) atoms. The van der Waals surface area contributed by atoms with Gasteiger partial charge in [-0.2, -0.15) is 0 Å². The van der Waals surface area contributed by atoms with Crippen LogP contribution in [0.5, 0.6) is 0 Å². The Morgan fingerprint density at radius 2 is 2.20 bits per heavy atom. The van der Waals surface area contributed by atoms with Gasteiger partial charge in [0.1, 0.15) is 32.0 Å². The number of halogens is 1. The molecule has 0 saturated carbocycles. The lowest BCUT2D eigenvalue weighted by Crippen LogP contribution is -2.26.